The Bertz CT molecular complexity index is 3210. The Morgan fingerprint density at radius 2 is 0.773 bits per heavy atom. The molecule has 0 saturated heterocycles. The number of nitrogens with zero attached hydrogens (tertiary/aromatic N) is 6. The quantitative estimate of drug-likeness (QED) is 0.0274. The van der Waals surface area contributed by atoms with Crippen LogP contribution in [0.15, 0.2) is 0 Å². The second-order valence-corrected chi connectivity index (χ2v) is 32.2. The summed E-state index contributed by atoms with van der Waals surface area (Å²) >= 11 is 0. The molecule has 11 N–H and O–H groups in total. The molecule has 2 aromatic heterocycles. The van der Waals surface area contributed by atoms with Crippen LogP contribution in [0, 0.1) is 11.8 Å². The van der Waals surface area contributed by atoms with Gasteiger partial charge in [0.1, 0.15) is 42.6 Å². The van der Waals surface area contributed by atoms with Crippen molar-refractivity contribution in [2.45, 2.75) is 347 Å². The maximum atomic E-state index is 12.7. The number of aryl methyl sites for hydroxylation is 2. The van der Waals surface area contributed by atoms with Gasteiger partial charge in [0.2, 0.25) is 39.6 Å². The van der Waals surface area contributed by atoms with E-state index < -0.39 is 99.4 Å². The zero-order chi connectivity index (χ0) is 87.6. The minimum absolute atomic E-state index is 0.0423. The molecule has 0 radical (unpaired) electrons. The van der Waals surface area contributed by atoms with Crippen LogP contribution >= 0.6 is 0 Å². The predicted octanol–water partition coefficient (Wildman–Crippen LogP) is 9.81. The molecule has 680 valence electrons. The van der Waals surface area contributed by atoms with Crippen LogP contribution in [0.5, 0.6) is 0 Å². The fourth-order valence-corrected chi connectivity index (χ4v) is 13.9. The largest absolute Gasteiger partial charge is 0.481 e. The molecule has 4 unspecified atom stereocenters. The van der Waals surface area contributed by atoms with Crippen LogP contribution in [0.4, 0.5) is 0 Å². The number of amides is 5. The highest BCUT2D eigenvalue weighted by atomic mass is 32.2. The highest BCUT2D eigenvalue weighted by Gasteiger charge is 2.27. The van der Waals surface area contributed by atoms with E-state index in [-0.39, 0.29) is 127 Å². The molecular formula is C82H143N13O23S. The first-order valence-corrected chi connectivity index (χ1v) is 45.4. The molecule has 37 heteroatoms. The van der Waals surface area contributed by atoms with Gasteiger partial charge in [0.05, 0.1) is 50.6 Å². The lowest BCUT2D eigenvalue weighted by molar-refractivity contribution is -0.145. The molecule has 0 fully saturated rings. The number of hydrogen-bond acceptors (Lipinski definition) is 25. The first-order chi connectivity index (χ1) is 57.3. The van der Waals surface area contributed by atoms with E-state index in [1.54, 1.807) is 13.8 Å². The molecule has 2 rings (SSSR count). The van der Waals surface area contributed by atoms with Crippen molar-refractivity contribution in [3.8, 4) is 0 Å². The topological polar surface area (TPSA) is 543 Å². The van der Waals surface area contributed by atoms with Crippen molar-refractivity contribution in [2.24, 2.45) is 11.8 Å². The van der Waals surface area contributed by atoms with Gasteiger partial charge in [-0.3, -0.25) is 57.5 Å². The van der Waals surface area contributed by atoms with Gasteiger partial charge in [-0.2, -0.15) is 10.4 Å². The maximum Gasteiger partial charge on any atom is 0.326 e. The molecule has 2 aromatic rings. The van der Waals surface area contributed by atoms with E-state index in [4.69, 9.17) is 18.9 Å². The summed E-state index contributed by atoms with van der Waals surface area (Å²) in [5.74, 6) is -8.95. The normalized spacial score (nSPS) is 12.3. The predicted molar refractivity (Wildman–Crippen MR) is 441 cm³/mol. The van der Waals surface area contributed by atoms with Gasteiger partial charge in [0.15, 0.2) is 17.4 Å². The SMILES string of the molecule is CCC(=O)CCCCCC(CC(=O)COCCOCCNC(=O)CCC(CC(=O)CCC(NC(=O)CCCS(=O)(=O)NC(=O)CCCCCCCCCCCCCCCc1nn[nH]n1)C(=O)O)C(=O)O)C(=O)O.CCC(=O)NCCCCC(NC(=O)COCCOCCCC(=O)CCCCCCCCCCCCCCCc1nn[nH]n1)C(=O)O. The number of aliphatic carboxylic acids is 4. The van der Waals surface area contributed by atoms with Crippen LogP contribution in [-0.2, 0) is 104 Å². The number of carbonyl (C=O) groups is 13. The van der Waals surface area contributed by atoms with Crippen LogP contribution in [0.2, 0.25) is 0 Å². The molecule has 0 bridgehead atoms. The Hall–Kier alpha value is -8.16. The van der Waals surface area contributed by atoms with Crippen molar-refractivity contribution in [2.75, 3.05) is 71.7 Å². The Morgan fingerprint density at radius 1 is 0.345 bits per heavy atom. The van der Waals surface area contributed by atoms with Gasteiger partial charge in [0, 0.05) is 103 Å². The fraction of sp³-hybridized carbons (Fsp3) is 0.817. The van der Waals surface area contributed by atoms with E-state index in [0.29, 0.717) is 103 Å². The summed E-state index contributed by atoms with van der Waals surface area (Å²) in [5, 5.41) is 76.0. The number of ether oxygens (including phenoxy) is 4. The lowest BCUT2D eigenvalue weighted by Gasteiger charge is -2.15. The Kier molecular flexibility index (Phi) is 67.4. The third-order valence-electron chi connectivity index (χ3n) is 19.9. The Labute approximate surface area is 702 Å². The minimum atomic E-state index is -4.03. The average Bonchev–Trinajstić information content (AvgIpc) is 1.19. The van der Waals surface area contributed by atoms with Crippen molar-refractivity contribution in [1.82, 2.24) is 67.2 Å². The van der Waals surface area contributed by atoms with Gasteiger partial charge in [-0.1, -0.05) is 178 Å². The van der Waals surface area contributed by atoms with Gasteiger partial charge in [-0.05, 0) is 83.5 Å². The van der Waals surface area contributed by atoms with Crippen molar-refractivity contribution in [3.05, 3.63) is 11.6 Å². The van der Waals surface area contributed by atoms with Crippen LogP contribution in [0.3, 0.4) is 0 Å². The number of rotatable bonds is 83. The number of aromatic nitrogens is 8. The number of unbranched alkanes of at least 4 members (excludes halogenated alkanes) is 27. The van der Waals surface area contributed by atoms with E-state index in [0.717, 1.165) is 88.7 Å². The molecule has 119 heavy (non-hydrogen) atoms. The maximum absolute atomic E-state index is 12.7. The van der Waals surface area contributed by atoms with Crippen LogP contribution in [0.25, 0.3) is 0 Å². The summed E-state index contributed by atoms with van der Waals surface area (Å²) in [5.41, 5.74) is 0. The molecule has 2 heterocycles. The zero-order valence-electron chi connectivity index (χ0n) is 71.1. The summed E-state index contributed by atoms with van der Waals surface area (Å²) in [6, 6.07) is -2.50. The Balaban J connectivity index is 0.00000132. The van der Waals surface area contributed by atoms with Crippen LogP contribution < -0.4 is 26.0 Å². The molecule has 36 nitrogen and oxygen atoms in total. The zero-order valence-corrected chi connectivity index (χ0v) is 71.9. The highest BCUT2D eigenvalue weighted by Crippen LogP contribution is 2.20. The number of sulfonamides is 1. The number of ketones is 4. The minimum Gasteiger partial charge on any atom is -0.481 e. The van der Waals surface area contributed by atoms with Gasteiger partial charge < -0.3 is 60.6 Å². The van der Waals surface area contributed by atoms with Gasteiger partial charge in [-0.25, -0.2) is 18.0 Å². The van der Waals surface area contributed by atoms with Crippen LogP contribution in [-0.4, -0.2) is 230 Å². The van der Waals surface area contributed by atoms with E-state index in [1.807, 2.05) is 4.72 Å². The van der Waals surface area contributed by atoms with E-state index in [1.165, 1.54) is 96.3 Å². The smallest absolute Gasteiger partial charge is 0.326 e. The number of nitrogens with one attached hydrogen (secondary N) is 7. The molecule has 0 aliphatic heterocycles. The summed E-state index contributed by atoms with van der Waals surface area (Å²) in [6.07, 6.45) is 36.4. The molecule has 0 aliphatic carbocycles. The van der Waals surface area contributed by atoms with Crippen molar-refractivity contribution in [1.29, 1.82) is 0 Å². The number of hydrogen-bond donors (Lipinski definition) is 11. The molecule has 0 aliphatic rings. The van der Waals surface area contributed by atoms with E-state index >= 15 is 0 Å². The molecule has 0 spiro atoms. The molecule has 0 saturated carbocycles. The monoisotopic (exact) mass is 1710 g/mol. The molecular weight excluding hydrogens is 1570 g/mol. The number of Topliss-reactive ketones (excluding diaryl/α,β-unsaturated/α-hetero) is 4. The highest BCUT2D eigenvalue weighted by molar-refractivity contribution is 7.90. The third-order valence-corrected chi connectivity index (χ3v) is 21.3. The Morgan fingerprint density at radius 3 is 1.29 bits per heavy atom. The molecule has 0 aromatic carbocycles. The van der Waals surface area contributed by atoms with Gasteiger partial charge in [0.25, 0.3) is 0 Å². The van der Waals surface area contributed by atoms with Gasteiger partial charge in [-0.15, -0.1) is 20.4 Å². The average molecular weight is 1710 g/mol. The molecule has 5 amide bonds. The summed E-state index contributed by atoms with van der Waals surface area (Å²) < 4.78 is 48.3. The number of H-pyrrole nitrogens is 2. The fourth-order valence-electron chi connectivity index (χ4n) is 12.8. The van der Waals surface area contributed by atoms with E-state index in [2.05, 4.69) is 62.5 Å². The second-order valence-electron chi connectivity index (χ2n) is 30.4. The first kappa shape index (κ1) is 109. The summed E-state index contributed by atoms with van der Waals surface area (Å²) in [4.78, 5) is 155. The van der Waals surface area contributed by atoms with E-state index in [9.17, 15) is 91.2 Å². The number of carboxylic acids is 4. The lowest BCUT2D eigenvalue weighted by atomic mass is 9.94. The standard InChI is InChI=1S/C49H83N7O16S.C33H60N6O7/c1-2-39(57)21-16-14-15-20-37(47(63)64)35-41(59)36-72-32-31-71-30-29-50-44(60)28-25-38(48(65)66)34-40(58)26-27-42(49(67)68)51-45(61)24-19-33-73(69,70)54-46(62)23-18-13-11-9-7-5-3-4-6-8-10-12-17-22-43-52-55-56-53-43;1-2-31(41)34-23-17-16-21-29(33(43)44)35-32(42)27-46-26-25-45-24-18-20-28(40)19-14-12-10-8-6-4-3-5-7-9-11-13-15-22-30-36-38-39-37-30/h37-38,42H,2-36H2,1H3,(H,50,60)(H,51,61)(H,54,62)(H,63,64)(H,65,66)(H,67,68)(H,52,53,55,56);29H,2-27H2,1H3,(H,34,41)(H,35,42)(H,43,44)(H,36,37,38,39). The lowest BCUT2D eigenvalue weighted by Crippen LogP contribution is -2.42. The number of carbonyl (C=O) groups excluding carboxylic acids is 9. The number of tetrazole rings is 2. The van der Waals surface area contributed by atoms with Crippen molar-refractivity contribution in [3.63, 3.8) is 0 Å². The second kappa shape index (κ2) is 73.7. The summed E-state index contributed by atoms with van der Waals surface area (Å²) in [7, 11) is -4.03. The van der Waals surface area contributed by atoms with Crippen molar-refractivity contribution < 1.29 is 110 Å². The van der Waals surface area contributed by atoms with Crippen LogP contribution in [0.1, 0.15) is 334 Å². The summed E-state index contributed by atoms with van der Waals surface area (Å²) in [6.45, 7) is 4.76. The number of carboxylic acid groups (broad SMARTS) is 4. The number of aromatic amines is 2. The third kappa shape index (κ3) is 67.2. The molecule has 4 atom stereocenters. The van der Waals surface area contributed by atoms with Crippen molar-refractivity contribution >= 4 is 86.6 Å². The first-order valence-electron chi connectivity index (χ1n) is 43.7. The van der Waals surface area contributed by atoms with Gasteiger partial charge >= 0.3 is 23.9 Å².